The van der Waals surface area contributed by atoms with Crippen molar-refractivity contribution in [2.75, 3.05) is 26.5 Å². The zero-order valence-corrected chi connectivity index (χ0v) is 24.3. The molecule has 0 spiro atoms. The molecular formula is C28H24F2N8O5S. The minimum atomic E-state index is -0.936. The first-order chi connectivity index (χ1) is 21.2. The topological polar surface area (TPSA) is 162 Å². The number of carbonyl (C=O) groups is 2. The summed E-state index contributed by atoms with van der Waals surface area (Å²) in [5.41, 5.74) is -1.59. The highest BCUT2D eigenvalue weighted by atomic mass is 32.1. The molecule has 5 rings (SSSR count). The second-order valence-electron chi connectivity index (χ2n) is 9.23. The minimum absolute atomic E-state index is 0.0155. The first kappa shape index (κ1) is 30.1. The molecule has 0 saturated heterocycles. The van der Waals surface area contributed by atoms with Gasteiger partial charge in [0.25, 0.3) is 17.4 Å². The molecule has 44 heavy (non-hydrogen) atoms. The normalized spacial score (nSPS) is 11.0. The molecule has 3 N–H and O–H groups in total. The van der Waals surface area contributed by atoms with Gasteiger partial charge in [-0.25, -0.2) is 18.1 Å². The van der Waals surface area contributed by atoms with Crippen LogP contribution in [-0.2, 0) is 13.1 Å². The van der Waals surface area contributed by atoms with Crippen LogP contribution in [0.3, 0.4) is 0 Å². The quantitative estimate of drug-likeness (QED) is 0.223. The van der Waals surface area contributed by atoms with E-state index in [0.717, 1.165) is 32.6 Å². The predicted octanol–water partition coefficient (Wildman–Crippen LogP) is 2.07. The SMILES string of the molecule is CNCc1c(NC(=O)c2ccc(C(=O)NC)nc2)sc2c1c(=O)n(-c1ccc(OC)nn1)c(=O)n2Cc1c(F)cccc1F. The Morgan fingerprint density at radius 3 is 2.32 bits per heavy atom. The van der Waals surface area contributed by atoms with Crippen molar-refractivity contribution in [3.05, 3.63) is 104 Å². The van der Waals surface area contributed by atoms with E-state index in [2.05, 4.69) is 31.1 Å². The van der Waals surface area contributed by atoms with Crippen molar-refractivity contribution in [3.8, 4) is 11.7 Å². The smallest absolute Gasteiger partial charge is 0.338 e. The monoisotopic (exact) mass is 622 g/mol. The summed E-state index contributed by atoms with van der Waals surface area (Å²) in [7, 11) is 4.44. The molecule has 0 fully saturated rings. The second kappa shape index (κ2) is 12.5. The first-order valence-corrected chi connectivity index (χ1v) is 13.8. The van der Waals surface area contributed by atoms with Crippen LogP contribution in [0.5, 0.6) is 5.88 Å². The molecule has 0 radical (unpaired) electrons. The van der Waals surface area contributed by atoms with Gasteiger partial charge in [0.2, 0.25) is 5.88 Å². The minimum Gasteiger partial charge on any atom is -0.480 e. The summed E-state index contributed by atoms with van der Waals surface area (Å²) in [5.74, 6) is -2.84. The van der Waals surface area contributed by atoms with Crippen LogP contribution in [0.15, 0.2) is 58.3 Å². The van der Waals surface area contributed by atoms with Gasteiger partial charge >= 0.3 is 5.69 Å². The van der Waals surface area contributed by atoms with E-state index in [4.69, 9.17) is 4.74 Å². The van der Waals surface area contributed by atoms with Crippen LogP contribution in [0, 0.1) is 11.6 Å². The van der Waals surface area contributed by atoms with Crippen LogP contribution in [0.2, 0.25) is 0 Å². The maximum atomic E-state index is 14.8. The Balaban J connectivity index is 1.72. The van der Waals surface area contributed by atoms with Crippen molar-refractivity contribution in [1.82, 2.24) is 34.9 Å². The zero-order valence-electron chi connectivity index (χ0n) is 23.5. The van der Waals surface area contributed by atoms with Crippen LogP contribution in [0.4, 0.5) is 13.8 Å². The van der Waals surface area contributed by atoms with Crippen molar-refractivity contribution in [2.24, 2.45) is 0 Å². The van der Waals surface area contributed by atoms with E-state index in [1.165, 1.54) is 50.7 Å². The van der Waals surface area contributed by atoms with Gasteiger partial charge in [0, 0.05) is 37.0 Å². The molecule has 0 aliphatic heterocycles. The van der Waals surface area contributed by atoms with Gasteiger partial charge < -0.3 is 20.7 Å². The van der Waals surface area contributed by atoms with Crippen LogP contribution in [-0.4, -0.2) is 57.3 Å². The van der Waals surface area contributed by atoms with Crippen molar-refractivity contribution in [3.63, 3.8) is 0 Å². The number of nitrogens with one attached hydrogen (secondary N) is 3. The second-order valence-corrected chi connectivity index (χ2v) is 10.2. The largest absolute Gasteiger partial charge is 0.480 e. The number of ether oxygens (including phenoxy) is 1. The fourth-order valence-electron chi connectivity index (χ4n) is 4.41. The molecule has 13 nitrogen and oxygen atoms in total. The van der Waals surface area contributed by atoms with Gasteiger partial charge in [0.15, 0.2) is 5.82 Å². The van der Waals surface area contributed by atoms with Crippen molar-refractivity contribution in [2.45, 2.75) is 13.1 Å². The number of aromatic nitrogens is 5. The number of hydrogen-bond donors (Lipinski definition) is 3. The lowest BCUT2D eigenvalue weighted by molar-refractivity contribution is 0.0955. The van der Waals surface area contributed by atoms with E-state index >= 15 is 0 Å². The standard InChI is InChI=1S/C28H24F2N8O5S/c1-31-12-15-22-26(41)38(20-9-10-21(43-3)36-35-20)28(42)37(13-16-17(29)5-4-6-18(16)30)27(22)44-25(15)34-23(39)14-7-8-19(33-11-14)24(40)32-2/h4-11,31H,12-13H2,1-3H3,(H,32,40)(H,34,39). The number of carbonyl (C=O) groups excluding carboxylic acids is 2. The highest BCUT2D eigenvalue weighted by molar-refractivity contribution is 7.22. The maximum Gasteiger partial charge on any atom is 0.338 e. The van der Waals surface area contributed by atoms with Crippen molar-refractivity contribution < 1.29 is 23.1 Å². The highest BCUT2D eigenvalue weighted by Crippen LogP contribution is 2.34. The van der Waals surface area contributed by atoms with Gasteiger partial charge in [-0.15, -0.1) is 10.2 Å². The number of benzene rings is 1. The summed E-state index contributed by atoms with van der Waals surface area (Å²) >= 11 is 0.887. The number of hydrogen-bond acceptors (Lipinski definition) is 10. The van der Waals surface area contributed by atoms with Gasteiger partial charge in [-0.05, 0) is 37.4 Å². The Labute approximate surface area is 251 Å². The summed E-state index contributed by atoms with van der Waals surface area (Å²) in [5, 5.41) is 16.1. The third-order valence-electron chi connectivity index (χ3n) is 6.58. The Hall–Kier alpha value is -5.35. The van der Waals surface area contributed by atoms with Crippen molar-refractivity contribution >= 4 is 38.4 Å². The van der Waals surface area contributed by atoms with Gasteiger partial charge in [-0.3, -0.25) is 23.9 Å². The summed E-state index contributed by atoms with van der Waals surface area (Å²) in [4.78, 5) is 56.9. The molecule has 0 bridgehead atoms. The molecular weight excluding hydrogens is 598 g/mol. The highest BCUT2D eigenvalue weighted by Gasteiger charge is 2.26. The number of amides is 2. The fourth-order valence-corrected chi connectivity index (χ4v) is 5.61. The Bertz CT molecular complexity index is 1990. The molecule has 0 aliphatic rings. The Kier molecular flexibility index (Phi) is 8.54. The summed E-state index contributed by atoms with van der Waals surface area (Å²) in [6.45, 7) is -0.505. The summed E-state index contributed by atoms with van der Waals surface area (Å²) < 4.78 is 36.3. The Morgan fingerprint density at radius 1 is 0.977 bits per heavy atom. The molecule has 226 valence electrons. The molecule has 16 heteroatoms. The zero-order chi connectivity index (χ0) is 31.5. The fraction of sp³-hybridized carbons (Fsp3) is 0.179. The summed E-state index contributed by atoms with van der Waals surface area (Å²) in [6.07, 6.45) is 1.22. The average Bonchev–Trinajstić information content (AvgIpc) is 3.38. The van der Waals surface area contributed by atoms with Crippen LogP contribution < -0.4 is 31.9 Å². The number of pyridine rings is 1. The molecule has 4 aromatic heterocycles. The number of fused-ring (bicyclic) bond motifs is 1. The molecule has 1 aromatic carbocycles. The van der Waals surface area contributed by atoms with Gasteiger partial charge in [-0.2, -0.15) is 0 Å². The van der Waals surface area contributed by atoms with Crippen molar-refractivity contribution in [1.29, 1.82) is 0 Å². The summed E-state index contributed by atoms with van der Waals surface area (Å²) in [6, 6.07) is 8.84. The number of nitrogens with zero attached hydrogens (tertiary/aromatic N) is 5. The number of anilines is 1. The lowest BCUT2D eigenvalue weighted by Crippen LogP contribution is -2.39. The third-order valence-corrected chi connectivity index (χ3v) is 7.75. The van der Waals surface area contributed by atoms with E-state index in [0.29, 0.717) is 5.56 Å². The molecule has 0 saturated carbocycles. The number of halogens is 2. The maximum absolute atomic E-state index is 14.8. The molecule has 0 aliphatic carbocycles. The van der Waals surface area contributed by atoms with E-state index in [9.17, 15) is 28.0 Å². The van der Waals surface area contributed by atoms with E-state index < -0.39 is 46.8 Å². The molecule has 4 heterocycles. The molecule has 2 amide bonds. The van der Waals surface area contributed by atoms with Gasteiger partial charge in [0.05, 0.1) is 24.6 Å². The van der Waals surface area contributed by atoms with Gasteiger partial charge in [0.1, 0.15) is 27.2 Å². The lowest BCUT2D eigenvalue weighted by Gasteiger charge is -2.13. The number of thiophene rings is 1. The van der Waals surface area contributed by atoms with E-state index in [1.54, 1.807) is 7.05 Å². The molecule has 5 aromatic rings. The van der Waals surface area contributed by atoms with E-state index in [1.807, 2.05) is 0 Å². The predicted molar refractivity (Wildman–Crippen MR) is 158 cm³/mol. The first-order valence-electron chi connectivity index (χ1n) is 12.9. The average molecular weight is 623 g/mol. The third kappa shape index (κ3) is 5.55. The van der Waals surface area contributed by atoms with Crippen LogP contribution in [0.1, 0.15) is 32.0 Å². The Morgan fingerprint density at radius 2 is 1.73 bits per heavy atom. The van der Waals surface area contributed by atoms with E-state index in [-0.39, 0.29) is 44.7 Å². The van der Waals surface area contributed by atoms with Crippen LogP contribution >= 0.6 is 11.3 Å². The number of rotatable bonds is 9. The molecule has 0 atom stereocenters. The number of methoxy groups -OCH3 is 1. The van der Waals surface area contributed by atoms with Gasteiger partial charge in [-0.1, -0.05) is 17.4 Å². The molecule has 0 unspecified atom stereocenters. The van der Waals surface area contributed by atoms with Crippen LogP contribution in [0.25, 0.3) is 16.0 Å². The lowest BCUT2D eigenvalue weighted by atomic mass is 10.1.